The molecule has 0 aromatic carbocycles. The van der Waals surface area contributed by atoms with E-state index in [2.05, 4.69) is 25.1 Å². The minimum atomic E-state index is -0.0492. The largest absolute Gasteiger partial charge is 0.372 e. The molecule has 2 aliphatic rings. The number of anilines is 1. The number of hydrogen-bond acceptors (Lipinski definition) is 7. The number of rotatable bonds is 2. The van der Waals surface area contributed by atoms with Crippen LogP contribution in [0, 0.1) is 0 Å². The summed E-state index contributed by atoms with van der Waals surface area (Å²) in [5.41, 5.74) is 0.543. The fourth-order valence-electron chi connectivity index (χ4n) is 3.14. The third-order valence-electron chi connectivity index (χ3n) is 4.23. The Labute approximate surface area is 133 Å². The SMILES string of the molecule is O=C(c1ccnnc1)N1C[C@@H]2OCCN(c3ncccn3)[C@@H]2C1. The van der Waals surface area contributed by atoms with Gasteiger partial charge in [-0.3, -0.25) is 4.79 Å². The first kappa shape index (κ1) is 14.0. The van der Waals surface area contributed by atoms with Gasteiger partial charge in [-0.1, -0.05) is 0 Å². The third kappa shape index (κ3) is 2.61. The van der Waals surface area contributed by atoms with Crippen molar-refractivity contribution in [1.29, 1.82) is 0 Å². The van der Waals surface area contributed by atoms with Crippen molar-refractivity contribution in [1.82, 2.24) is 25.1 Å². The minimum absolute atomic E-state index is 0.0219. The quantitative estimate of drug-likeness (QED) is 0.771. The second-order valence-electron chi connectivity index (χ2n) is 5.56. The lowest BCUT2D eigenvalue weighted by Crippen LogP contribution is -2.51. The van der Waals surface area contributed by atoms with Crippen molar-refractivity contribution in [3.63, 3.8) is 0 Å². The van der Waals surface area contributed by atoms with Crippen LogP contribution in [-0.4, -0.2) is 69.4 Å². The zero-order chi connectivity index (χ0) is 15.6. The predicted octanol–water partition coefficient (Wildman–Crippen LogP) is -0.00360. The Bertz CT molecular complexity index is 683. The molecule has 0 bridgehead atoms. The van der Waals surface area contributed by atoms with Crippen LogP contribution in [0.2, 0.25) is 0 Å². The summed E-state index contributed by atoms with van der Waals surface area (Å²) < 4.78 is 5.85. The van der Waals surface area contributed by atoms with Gasteiger partial charge in [0.05, 0.1) is 36.7 Å². The van der Waals surface area contributed by atoms with Crippen molar-refractivity contribution >= 4 is 11.9 Å². The van der Waals surface area contributed by atoms with Gasteiger partial charge in [0.1, 0.15) is 0 Å². The lowest BCUT2D eigenvalue weighted by atomic mass is 10.1. The molecule has 4 rings (SSSR count). The average Bonchev–Trinajstić information content (AvgIpc) is 3.06. The summed E-state index contributed by atoms with van der Waals surface area (Å²) in [5, 5.41) is 7.48. The summed E-state index contributed by atoms with van der Waals surface area (Å²) in [4.78, 5) is 25.2. The number of aromatic nitrogens is 4. The van der Waals surface area contributed by atoms with E-state index in [1.165, 1.54) is 12.4 Å². The van der Waals surface area contributed by atoms with Crippen LogP contribution in [0.3, 0.4) is 0 Å². The predicted molar refractivity (Wildman–Crippen MR) is 80.8 cm³/mol. The molecule has 0 radical (unpaired) electrons. The molecule has 4 heterocycles. The first-order valence-electron chi connectivity index (χ1n) is 7.54. The molecule has 8 nitrogen and oxygen atoms in total. The number of morpholine rings is 1. The molecule has 0 aliphatic carbocycles. The molecule has 118 valence electrons. The maximum Gasteiger partial charge on any atom is 0.255 e. The van der Waals surface area contributed by atoms with Gasteiger partial charge in [-0.05, 0) is 12.1 Å². The Kier molecular flexibility index (Phi) is 3.58. The van der Waals surface area contributed by atoms with E-state index in [-0.39, 0.29) is 18.1 Å². The number of nitrogens with zero attached hydrogens (tertiary/aromatic N) is 6. The normalized spacial score (nSPS) is 23.7. The fraction of sp³-hybridized carbons (Fsp3) is 0.400. The number of ether oxygens (including phenoxy) is 1. The Balaban J connectivity index is 1.54. The first-order valence-corrected chi connectivity index (χ1v) is 7.54. The number of hydrogen-bond donors (Lipinski definition) is 0. The highest BCUT2D eigenvalue weighted by Crippen LogP contribution is 2.26. The van der Waals surface area contributed by atoms with Crippen LogP contribution in [0.4, 0.5) is 5.95 Å². The van der Waals surface area contributed by atoms with Crippen molar-refractivity contribution in [3.05, 3.63) is 42.5 Å². The molecule has 8 heteroatoms. The molecule has 0 unspecified atom stereocenters. The van der Waals surface area contributed by atoms with Crippen molar-refractivity contribution in [2.75, 3.05) is 31.1 Å². The molecule has 2 aromatic rings. The van der Waals surface area contributed by atoms with E-state index in [1.807, 2.05) is 0 Å². The molecule has 0 saturated carbocycles. The van der Waals surface area contributed by atoms with E-state index in [0.717, 1.165) is 6.54 Å². The third-order valence-corrected chi connectivity index (χ3v) is 4.23. The lowest BCUT2D eigenvalue weighted by molar-refractivity contribution is 0.0296. The minimum Gasteiger partial charge on any atom is -0.372 e. The highest BCUT2D eigenvalue weighted by Gasteiger charge is 2.42. The van der Waals surface area contributed by atoms with Gasteiger partial charge in [-0.15, -0.1) is 0 Å². The lowest BCUT2D eigenvalue weighted by Gasteiger charge is -2.36. The molecule has 2 saturated heterocycles. The van der Waals surface area contributed by atoms with Crippen LogP contribution < -0.4 is 4.90 Å². The summed E-state index contributed by atoms with van der Waals surface area (Å²) in [5.74, 6) is 0.637. The van der Waals surface area contributed by atoms with Gasteiger partial charge in [0.2, 0.25) is 5.95 Å². The summed E-state index contributed by atoms with van der Waals surface area (Å²) >= 11 is 0. The fourth-order valence-corrected chi connectivity index (χ4v) is 3.14. The van der Waals surface area contributed by atoms with E-state index in [1.54, 1.807) is 29.4 Å². The monoisotopic (exact) mass is 312 g/mol. The zero-order valence-electron chi connectivity index (χ0n) is 12.4. The number of amides is 1. The Morgan fingerprint density at radius 2 is 2.04 bits per heavy atom. The van der Waals surface area contributed by atoms with E-state index in [4.69, 9.17) is 4.74 Å². The van der Waals surface area contributed by atoms with Crippen LogP contribution in [0.15, 0.2) is 36.9 Å². The Morgan fingerprint density at radius 1 is 1.17 bits per heavy atom. The molecule has 0 spiro atoms. The zero-order valence-corrected chi connectivity index (χ0v) is 12.4. The van der Waals surface area contributed by atoms with Crippen LogP contribution in [0.25, 0.3) is 0 Å². The highest BCUT2D eigenvalue weighted by atomic mass is 16.5. The van der Waals surface area contributed by atoms with Crippen LogP contribution in [0.5, 0.6) is 0 Å². The molecule has 23 heavy (non-hydrogen) atoms. The van der Waals surface area contributed by atoms with Gasteiger partial charge in [0.25, 0.3) is 5.91 Å². The van der Waals surface area contributed by atoms with Gasteiger partial charge in [0.15, 0.2) is 0 Å². The molecule has 2 aromatic heterocycles. The van der Waals surface area contributed by atoms with Crippen molar-refractivity contribution in [2.45, 2.75) is 12.1 Å². The number of likely N-dealkylation sites (tertiary alicyclic amines) is 1. The summed E-state index contributed by atoms with van der Waals surface area (Å²) in [6, 6.07) is 3.54. The maximum atomic E-state index is 12.6. The maximum absolute atomic E-state index is 12.6. The van der Waals surface area contributed by atoms with Gasteiger partial charge >= 0.3 is 0 Å². The molecule has 1 amide bonds. The van der Waals surface area contributed by atoms with E-state index in [0.29, 0.717) is 31.2 Å². The van der Waals surface area contributed by atoms with Crippen molar-refractivity contribution in [3.8, 4) is 0 Å². The standard InChI is InChI=1S/C15H16N6O2/c22-14(11-2-5-18-19-8-11)20-9-12-13(10-20)23-7-6-21(12)15-16-3-1-4-17-15/h1-5,8,12-13H,6-7,9-10H2/t12-,13+/m1/s1. The Hall–Kier alpha value is -2.61. The second kappa shape index (κ2) is 5.88. The van der Waals surface area contributed by atoms with E-state index in [9.17, 15) is 4.79 Å². The van der Waals surface area contributed by atoms with Gasteiger partial charge in [-0.25, -0.2) is 9.97 Å². The highest BCUT2D eigenvalue weighted by molar-refractivity contribution is 5.94. The summed E-state index contributed by atoms with van der Waals surface area (Å²) in [6.07, 6.45) is 6.45. The van der Waals surface area contributed by atoms with Crippen LogP contribution in [-0.2, 0) is 4.74 Å². The molecular weight excluding hydrogens is 296 g/mol. The molecule has 2 aliphatic heterocycles. The molecule has 0 N–H and O–H groups in total. The van der Waals surface area contributed by atoms with E-state index < -0.39 is 0 Å². The number of carbonyl (C=O) groups excluding carboxylic acids is 1. The summed E-state index contributed by atoms with van der Waals surface area (Å²) in [6.45, 7) is 2.49. The van der Waals surface area contributed by atoms with Crippen LogP contribution >= 0.6 is 0 Å². The van der Waals surface area contributed by atoms with E-state index >= 15 is 0 Å². The van der Waals surface area contributed by atoms with Gasteiger partial charge < -0.3 is 14.5 Å². The number of fused-ring (bicyclic) bond motifs is 1. The molecule has 2 fully saturated rings. The van der Waals surface area contributed by atoms with Crippen LogP contribution in [0.1, 0.15) is 10.4 Å². The molecule has 2 atom stereocenters. The number of carbonyl (C=O) groups is 1. The average molecular weight is 312 g/mol. The Morgan fingerprint density at radius 3 is 2.83 bits per heavy atom. The van der Waals surface area contributed by atoms with Gasteiger partial charge in [-0.2, -0.15) is 10.2 Å². The topological polar surface area (TPSA) is 84.3 Å². The van der Waals surface area contributed by atoms with Gasteiger partial charge in [0, 0.05) is 32.0 Å². The second-order valence-corrected chi connectivity index (χ2v) is 5.56. The summed E-state index contributed by atoms with van der Waals surface area (Å²) in [7, 11) is 0. The first-order chi connectivity index (χ1) is 11.3. The molecular formula is C15H16N6O2. The smallest absolute Gasteiger partial charge is 0.255 e. The van der Waals surface area contributed by atoms with Crippen molar-refractivity contribution < 1.29 is 9.53 Å². The van der Waals surface area contributed by atoms with Crippen molar-refractivity contribution in [2.24, 2.45) is 0 Å².